The minimum absolute atomic E-state index is 0.0455. The van der Waals surface area contributed by atoms with Gasteiger partial charge >= 0.3 is 0 Å². The molecule has 4 nitrogen and oxygen atoms in total. The second-order valence-electron chi connectivity index (χ2n) is 3.31. The van der Waals surface area contributed by atoms with Gasteiger partial charge in [-0.05, 0) is 18.6 Å². The summed E-state index contributed by atoms with van der Waals surface area (Å²) < 4.78 is 18.1. The van der Waals surface area contributed by atoms with Crippen LogP contribution in [0, 0.1) is 5.82 Å². The third kappa shape index (κ3) is 3.76. The van der Waals surface area contributed by atoms with E-state index in [1.807, 2.05) is 0 Å². The molecule has 0 unspecified atom stereocenters. The number of anilines is 1. The fourth-order valence-corrected chi connectivity index (χ4v) is 1.17. The predicted molar refractivity (Wildman–Crippen MR) is 59.6 cm³/mol. The van der Waals surface area contributed by atoms with Crippen molar-refractivity contribution in [1.29, 1.82) is 0 Å². The Morgan fingerprint density at radius 3 is 3.00 bits per heavy atom. The SMILES string of the molecule is CNC(=O)CCCOc1cc(F)ccc1N. The molecule has 1 aromatic rings. The van der Waals surface area contributed by atoms with E-state index in [1.165, 1.54) is 18.2 Å². The number of carbonyl (C=O) groups is 1. The molecular weight excluding hydrogens is 211 g/mol. The van der Waals surface area contributed by atoms with Crippen LogP contribution in [0.15, 0.2) is 18.2 Å². The Kier molecular flexibility index (Phi) is 4.57. The normalized spacial score (nSPS) is 9.88. The molecule has 0 bridgehead atoms. The van der Waals surface area contributed by atoms with Crippen LogP contribution in [-0.4, -0.2) is 19.6 Å². The van der Waals surface area contributed by atoms with Crippen molar-refractivity contribution in [2.75, 3.05) is 19.4 Å². The monoisotopic (exact) mass is 226 g/mol. The highest BCUT2D eigenvalue weighted by Gasteiger charge is 2.03. The van der Waals surface area contributed by atoms with Gasteiger partial charge in [0.25, 0.3) is 0 Å². The number of benzene rings is 1. The summed E-state index contributed by atoms with van der Waals surface area (Å²) in [5, 5.41) is 2.50. The summed E-state index contributed by atoms with van der Waals surface area (Å²) in [5.41, 5.74) is 5.98. The Morgan fingerprint density at radius 1 is 1.56 bits per heavy atom. The molecule has 0 heterocycles. The largest absolute Gasteiger partial charge is 0.491 e. The summed E-state index contributed by atoms with van der Waals surface area (Å²) in [7, 11) is 1.58. The quantitative estimate of drug-likeness (QED) is 0.587. The average molecular weight is 226 g/mol. The van der Waals surface area contributed by atoms with E-state index in [-0.39, 0.29) is 5.91 Å². The summed E-state index contributed by atoms with van der Waals surface area (Å²) >= 11 is 0. The number of nitrogens with one attached hydrogen (secondary N) is 1. The Balaban J connectivity index is 2.37. The molecule has 1 amide bonds. The molecule has 0 fully saturated rings. The second-order valence-corrected chi connectivity index (χ2v) is 3.31. The number of carbonyl (C=O) groups excluding carboxylic acids is 1. The van der Waals surface area contributed by atoms with E-state index in [1.54, 1.807) is 7.05 Å². The van der Waals surface area contributed by atoms with Crippen molar-refractivity contribution in [3.63, 3.8) is 0 Å². The third-order valence-corrected chi connectivity index (χ3v) is 2.06. The molecule has 88 valence electrons. The molecule has 0 aliphatic heterocycles. The Morgan fingerprint density at radius 2 is 2.31 bits per heavy atom. The fraction of sp³-hybridized carbons (Fsp3) is 0.364. The third-order valence-electron chi connectivity index (χ3n) is 2.06. The first kappa shape index (κ1) is 12.3. The van der Waals surface area contributed by atoms with Gasteiger partial charge in [0, 0.05) is 19.5 Å². The van der Waals surface area contributed by atoms with Gasteiger partial charge in [-0.15, -0.1) is 0 Å². The van der Waals surface area contributed by atoms with Gasteiger partial charge in [-0.2, -0.15) is 0 Å². The average Bonchev–Trinajstić information content (AvgIpc) is 2.28. The lowest BCUT2D eigenvalue weighted by Crippen LogP contribution is -2.18. The zero-order valence-corrected chi connectivity index (χ0v) is 9.13. The molecule has 0 aliphatic carbocycles. The molecule has 3 N–H and O–H groups in total. The molecule has 16 heavy (non-hydrogen) atoms. The summed E-state index contributed by atoms with van der Waals surface area (Å²) in [6, 6.07) is 3.95. The van der Waals surface area contributed by atoms with Gasteiger partial charge in [0.1, 0.15) is 11.6 Å². The van der Waals surface area contributed by atoms with Gasteiger partial charge in [0.2, 0.25) is 5.91 Å². The number of hydrogen-bond donors (Lipinski definition) is 2. The van der Waals surface area contributed by atoms with Crippen LogP contribution in [0.25, 0.3) is 0 Å². The maximum absolute atomic E-state index is 12.8. The van der Waals surface area contributed by atoms with Gasteiger partial charge < -0.3 is 15.8 Å². The number of hydrogen-bond acceptors (Lipinski definition) is 3. The van der Waals surface area contributed by atoms with E-state index in [2.05, 4.69) is 5.32 Å². The van der Waals surface area contributed by atoms with Crippen molar-refractivity contribution >= 4 is 11.6 Å². The Bertz CT molecular complexity index is 369. The lowest BCUT2D eigenvalue weighted by molar-refractivity contribution is -0.120. The van der Waals surface area contributed by atoms with Crippen molar-refractivity contribution in [2.24, 2.45) is 0 Å². The first-order valence-corrected chi connectivity index (χ1v) is 5.02. The number of ether oxygens (including phenoxy) is 1. The van der Waals surface area contributed by atoms with Crippen LogP contribution in [0.3, 0.4) is 0 Å². The van der Waals surface area contributed by atoms with Crippen LogP contribution < -0.4 is 15.8 Å². The molecule has 0 saturated carbocycles. The molecule has 1 rings (SSSR count). The highest BCUT2D eigenvalue weighted by Crippen LogP contribution is 2.22. The van der Waals surface area contributed by atoms with Crippen molar-refractivity contribution in [2.45, 2.75) is 12.8 Å². The molecule has 0 radical (unpaired) electrons. The van der Waals surface area contributed by atoms with Crippen LogP contribution in [-0.2, 0) is 4.79 Å². The van der Waals surface area contributed by atoms with Gasteiger partial charge in [-0.1, -0.05) is 0 Å². The minimum Gasteiger partial charge on any atom is -0.491 e. The van der Waals surface area contributed by atoms with E-state index in [9.17, 15) is 9.18 Å². The van der Waals surface area contributed by atoms with Crippen LogP contribution in [0.5, 0.6) is 5.75 Å². The lowest BCUT2D eigenvalue weighted by Gasteiger charge is -2.08. The van der Waals surface area contributed by atoms with Gasteiger partial charge in [0.15, 0.2) is 0 Å². The Hall–Kier alpha value is -1.78. The van der Waals surface area contributed by atoms with Crippen LogP contribution in [0.1, 0.15) is 12.8 Å². The second kappa shape index (κ2) is 5.95. The van der Waals surface area contributed by atoms with Gasteiger partial charge in [-0.25, -0.2) is 4.39 Å². The molecular formula is C11H15FN2O2. The van der Waals surface area contributed by atoms with Crippen molar-refractivity contribution in [1.82, 2.24) is 5.32 Å². The Labute approximate surface area is 93.6 Å². The molecule has 0 atom stereocenters. The first-order valence-electron chi connectivity index (χ1n) is 5.02. The van der Waals surface area contributed by atoms with Crippen molar-refractivity contribution < 1.29 is 13.9 Å². The summed E-state index contributed by atoms with van der Waals surface area (Å²) in [4.78, 5) is 10.9. The van der Waals surface area contributed by atoms with E-state index in [4.69, 9.17) is 10.5 Å². The van der Waals surface area contributed by atoms with Crippen LogP contribution in [0.4, 0.5) is 10.1 Å². The molecule has 0 aromatic heterocycles. The smallest absolute Gasteiger partial charge is 0.219 e. The van der Waals surface area contributed by atoms with E-state index >= 15 is 0 Å². The number of nitrogen functional groups attached to an aromatic ring is 1. The lowest BCUT2D eigenvalue weighted by atomic mass is 10.3. The molecule has 5 heteroatoms. The first-order chi connectivity index (χ1) is 7.63. The molecule has 0 saturated heterocycles. The molecule has 0 aliphatic rings. The summed E-state index contributed by atoms with van der Waals surface area (Å²) in [6.45, 7) is 0.334. The minimum atomic E-state index is -0.393. The number of nitrogens with two attached hydrogens (primary N) is 1. The fourth-order valence-electron chi connectivity index (χ4n) is 1.17. The zero-order valence-electron chi connectivity index (χ0n) is 9.13. The zero-order chi connectivity index (χ0) is 12.0. The maximum Gasteiger partial charge on any atom is 0.219 e. The maximum atomic E-state index is 12.8. The van der Waals surface area contributed by atoms with Crippen molar-refractivity contribution in [3.05, 3.63) is 24.0 Å². The van der Waals surface area contributed by atoms with Crippen molar-refractivity contribution in [3.8, 4) is 5.75 Å². The standard InChI is InChI=1S/C11H15FN2O2/c1-14-11(15)3-2-6-16-10-7-8(12)4-5-9(10)13/h4-5,7H,2-3,6,13H2,1H3,(H,14,15). The number of halogens is 1. The van der Waals surface area contributed by atoms with E-state index in [0.29, 0.717) is 30.9 Å². The predicted octanol–water partition coefficient (Wildman–Crippen LogP) is 1.31. The molecule has 0 spiro atoms. The topological polar surface area (TPSA) is 64.3 Å². The van der Waals surface area contributed by atoms with Gasteiger partial charge in [-0.3, -0.25) is 4.79 Å². The van der Waals surface area contributed by atoms with E-state index in [0.717, 1.165) is 0 Å². The van der Waals surface area contributed by atoms with E-state index < -0.39 is 5.82 Å². The van der Waals surface area contributed by atoms with Gasteiger partial charge in [0.05, 0.1) is 12.3 Å². The summed E-state index contributed by atoms with van der Waals surface area (Å²) in [5.74, 6) is -0.122. The summed E-state index contributed by atoms with van der Waals surface area (Å²) in [6.07, 6.45) is 0.946. The van der Waals surface area contributed by atoms with Crippen LogP contribution in [0.2, 0.25) is 0 Å². The number of rotatable bonds is 5. The molecule has 1 aromatic carbocycles. The highest BCUT2D eigenvalue weighted by molar-refractivity contribution is 5.75. The highest BCUT2D eigenvalue weighted by atomic mass is 19.1. The van der Waals surface area contributed by atoms with Crippen LogP contribution >= 0.6 is 0 Å². The number of amides is 1.